The third-order valence-electron chi connectivity index (χ3n) is 3.88. The Kier molecular flexibility index (Phi) is 4.68. The number of para-hydroxylation sites is 1. The summed E-state index contributed by atoms with van der Waals surface area (Å²) in [5.41, 5.74) is 2.45. The largest absolute Gasteiger partial charge is 0.373 e. The molecule has 2 aromatic carbocycles. The summed E-state index contributed by atoms with van der Waals surface area (Å²) in [6, 6.07) is 18.5. The molecule has 1 N–H and O–H groups in total. The topological polar surface area (TPSA) is 32.3 Å². The molecule has 1 unspecified atom stereocenters. The first-order chi connectivity index (χ1) is 10.7. The van der Waals surface area contributed by atoms with Gasteiger partial charge < -0.3 is 10.2 Å². The lowest BCUT2D eigenvalue weighted by atomic mass is 10.1. The van der Waals surface area contributed by atoms with Gasteiger partial charge in [-0.3, -0.25) is 4.79 Å². The number of thioether (sulfide) groups is 1. The Morgan fingerprint density at radius 1 is 1.18 bits per heavy atom. The van der Waals surface area contributed by atoms with Crippen molar-refractivity contribution >= 4 is 23.4 Å². The van der Waals surface area contributed by atoms with Gasteiger partial charge in [-0.15, -0.1) is 11.8 Å². The molecule has 1 aliphatic rings. The highest BCUT2D eigenvalue weighted by Gasteiger charge is 2.27. The van der Waals surface area contributed by atoms with Crippen LogP contribution >= 0.6 is 11.8 Å². The second kappa shape index (κ2) is 6.88. The molecule has 0 fully saturated rings. The predicted molar refractivity (Wildman–Crippen MR) is 92.5 cm³/mol. The van der Waals surface area contributed by atoms with Gasteiger partial charge in [0.25, 0.3) is 0 Å². The first-order valence-electron chi connectivity index (χ1n) is 7.52. The number of carbonyl (C=O) groups excluding carboxylic acids is 1. The van der Waals surface area contributed by atoms with Gasteiger partial charge in [0.05, 0.1) is 5.25 Å². The minimum Gasteiger partial charge on any atom is -0.373 e. The van der Waals surface area contributed by atoms with Crippen LogP contribution in [0.3, 0.4) is 0 Å². The van der Waals surface area contributed by atoms with Gasteiger partial charge in [-0.1, -0.05) is 36.4 Å². The van der Waals surface area contributed by atoms with Gasteiger partial charge in [-0.25, -0.2) is 0 Å². The van der Waals surface area contributed by atoms with Gasteiger partial charge in [0.15, 0.2) is 0 Å². The number of hydrogen-bond donors (Lipinski definition) is 1. The number of benzene rings is 2. The fraction of sp³-hybridized carbons (Fsp3) is 0.278. The molecule has 0 aromatic heterocycles. The molecule has 3 nitrogen and oxygen atoms in total. The van der Waals surface area contributed by atoms with Gasteiger partial charge in [-0.05, 0) is 30.2 Å². The van der Waals surface area contributed by atoms with Crippen LogP contribution in [0.25, 0.3) is 0 Å². The number of nitrogens with one attached hydrogen (secondary N) is 1. The molecular weight excluding hydrogens is 292 g/mol. The van der Waals surface area contributed by atoms with Crippen molar-refractivity contribution in [1.82, 2.24) is 5.32 Å². The van der Waals surface area contributed by atoms with Crippen molar-refractivity contribution in [3.05, 3.63) is 60.2 Å². The highest BCUT2D eigenvalue weighted by atomic mass is 32.2. The van der Waals surface area contributed by atoms with E-state index in [1.54, 1.807) is 11.8 Å². The predicted octanol–water partition coefficient (Wildman–Crippen LogP) is 2.96. The number of fused-ring (bicyclic) bond motifs is 1. The summed E-state index contributed by atoms with van der Waals surface area (Å²) in [6.45, 7) is 1.47. The van der Waals surface area contributed by atoms with Crippen molar-refractivity contribution < 1.29 is 4.79 Å². The third-order valence-corrected chi connectivity index (χ3v) is 5.20. The molecule has 3 rings (SSSR count). The highest BCUT2D eigenvalue weighted by Crippen LogP contribution is 2.36. The van der Waals surface area contributed by atoms with E-state index in [1.165, 1.54) is 16.1 Å². The maximum Gasteiger partial charge on any atom is 0.233 e. The average Bonchev–Trinajstić information content (AvgIpc) is 2.99. The molecule has 0 bridgehead atoms. The molecule has 1 atom stereocenters. The minimum atomic E-state index is 0.0134. The van der Waals surface area contributed by atoms with Crippen LogP contribution in [0, 0.1) is 0 Å². The fourth-order valence-electron chi connectivity index (χ4n) is 2.60. The Morgan fingerprint density at radius 3 is 2.68 bits per heavy atom. The van der Waals surface area contributed by atoms with Gasteiger partial charge in [0, 0.05) is 30.7 Å². The molecule has 1 aliphatic heterocycles. The second-order valence-corrected chi connectivity index (χ2v) is 6.71. The van der Waals surface area contributed by atoms with Crippen LogP contribution in [-0.4, -0.2) is 31.3 Å². The summed E-state index contributed by atoms with van der Waals surface area (Å²) in [7, 11) is 2.04. The van der Waals surface area contributed by atoms with Crippen LogP contribution in [0.1, 0.15) is 5.56 Å². The lowest BCUT2D eigenvalue weighted by molar-refractivity contribution is -0.120. The summed E-state index contributed by atoms with van der Waals surface area (Å²) >= 11 is 1.67. The zero-order valence-corrected chi connectivity index (χ0v) is 13.5. The summed E-state index contributed by atoms with van der Waals surface area (Å²) in [4.78, 5) is 15.7. The summed E-state index contributed by atoms with van der Waals surface area (Å²) < 4.78 is 0. The Morgan fingerprint density at radius 2 is 1.91 bits per heavy atom. The second-order valence-electron chi connectivity index (χ2n) is 5.47. The molecule has 114 valence electrons. The van der Waals surface area contributed by atoms with Crippen molar-refractivity contribution in [2.75, 3.05) is 25.0 Å². The van der Waals surface area contributed by atoms with E-state index in [-0.39, 0.29) is 11.2 Å². The first-order valence-corrected chi connectivity index (χ1v) is 8.40. The van der Waals surface area contributed by atoms with Crippen LogP contribution in [0.15, 0.2) is 59.5 Å². The molecule has 0 saturated heterocycles. The summed E-state index contributed by atoms with van der Waals surface area (Å²) in [5.74, 6) is 0.141. The van der Waals surface area contributed by atoms with Crippen molar-refractivity contribution in [3.8, 4) is 0 Å². The maximum atomic E-state index is 12.3. The van der Waals surface area contributed by atoms with Crippen LogP contribution in [0.2, 0.25) is 0 Å². The summed E-state index contributed by atoms with van der Waals surface area (Å²) in [6.07, 6.45) is 0.835. The van der Waals surface area contributed by atoms with Gasteiger partial charge in [0.2, 0.25) is 5.91 Å². The van der Waals surface area contributed by atoms with Crippen molar-refractivity contribution in [2.45, 2.75) is 16.6 Å². The van der Waals surface area contributed by atoms with E-state index in [4.69, 9.17) is 0 Å². The molecule has 22 heavy (non-hydrogen) atoms. The molecular formula is C18H20N2OS. The van der Waals surface area contributed by atoms with Gasteiger partial charge in [-0.2, -0.15) is 0 Å². The molecule has 2 aromatic rings. The smallest absolute Gasteiger partial charge is 0.233 e. The molecule has 4 heteroatoms. The van der Waals surface area contributed by atoms with Crippen molar-refractivity contribution in [2.24, 2.45) is 0 Å². The van der Waals surface area contributed by atoms with E-state index in [2.05, 4.69) is 34.5 Å². The zero-order chi connectivity index (χ0) is 15.4. The highest BCUT2D eigenvalue weighted by molar-refractivity contribution is 8.01. The fourth-order valence-corrected chi connectivity index (χ4v) is 3.82. The van der Waals surface area contributed by atoms with Gasteiger partial charge >= 0.3 is 0 Å². The molecule has 0 spiro atoms. The first kappa shape index (κ1) is 15.0. The number of anilines is 1. The Labute approximate surface area is 135 Å². The number of hydrogen-bond acceptors (Lipinski definition) is 3. The Hall–Kier alpha value is -1.94. The molecule has 0 saturated carbocycles. The minimum absolute atomic E-state index is 0.0134. The quantitative estimate of drug-likeness (QED) is 0.921. The van der Waals surface area contributed by atoms with Crippen molar-refractivity contribution in [1.29, 1.82) is 0 Å². The van der Waals surface area contributed by atoms with E-state index in [1.807, 2.05) is 37.4 Å². The molecule has 1 amide bonds. The zero-order valence-electron chi connectivity index (χ0n) is 12.7. The van der Waals surface area contributed by atoms with Crippen LogP contribution in [0.4, 0.5) is 5.69 Å². The summed E-state index contributed by atoms with van der Waals surface area (Å²) in [5, 5.41) is 3.07. The van der Waals surface area contributed by atoms with E-state index in [0.717, 1.165) is 13.0 Å². The third kappa shape index (κ3) is 3.45. The molecule has 0 radical (unpaired) electrons. The van der Waals surface area contributed by atoms with Crippen LogP contribution in [0.5, 0.6) is 0 Å². The van der Waals surface area contributed by atoms with Crippen LogP contribution in [-0.2, 0) is 11.2 Å². The number of likely N-dealkylation sites (N-methyl/N-ethyl adjacent to an activating group) is 1. The van der Waals surface area contributed by atoms with E-state index >= 15 is 0 Å². The SMILES string of the molecule is CN(CCNC(=O)C1Cc2ccccc2S1)c1ccccc1. The average molecular weight is 312 g/mol. The Bertz CT molecular complexity index is 620. The van der Waals surface area contributed by atoms with Crippen LogP contribution < -0.4 is 10.2 Å². The molecule has 0 aliphatic carbocycles. The van der Waals surface area contributed by atoms with E-state index in [0.29, 0.717) is 6.54 Å². The Balaban J connectivity index is 1.46. The van der Waals surface area contributed by atoms with Gasteiger partial charge in [0.1, 0.15) is 0 Å². The lowest BCUT2D eigenvalue weighted by Gasteiger charge is -2.20. The molecule has 1 heterocycles. The van der Waals surface area contributed by atoms with Crippen molar-refractivity contribution in [3.63, 3.8) is 0 Å². The normalized spacial score (nSPS) is 16.1. The monoisotopic (exact) mass is 312 g/mol. The van der Waals surface area contributed by atoms with E-state index < -0.39 is 0 Å². The maximum absolute atomic E-state index is 12.3. The number of amides is 1. The number of nitrogens with zero attached hydrogens (tertiary/aromatic N) is 1. The van der Waals surface area contributed by atoms with E-state index in [9.17, 15) is 4.79 Å². The number of carbonyl (C=O) groups is 1. The number of rotatable bonds is 5. The standard InChI is InChI=1S/C18H20N2OS/c1-20(15-8-3-2-4-9-15)12-11-19-18(21)17-13-14-7-5-6-10-16(14)22-17/h2-10,17H,11-13H2,1H3,(H,19,21). The lowest BCUT2D eigenvalue weighted by Crippen LogP contribution is -2.37.